The van der Waals surface area contributed by atoms with Crippen molar-refractivity contribution in [3.63, 3.8) is 0 Å². The Balaban J connectivity index is 2.24. The highest BCUT2D eigenvalue weighted by Gasteiger charge is 2.22. The summed E-state index contributed by atoms with van der Waals surface area (Å²) in [6, 6.07) is 6.21. The molecule has 1 unspecified atom stereocenters. The lowest BCUT2D eigenvalue weighted by Crippen LogP contribution is -2.37. The Morgan fingerprint density at radius 3 is 2.65 bits per heavy atom. The summed E-state index contributed by atoms with van der Waals surface area (Å²) in [5.41, 5.74) is 7.16. The molecule has 1 heterocycles. The van der Waals surface area contributed by atoms with E-state index in [1.54, 1.807) is 0 Å². The molecule has 94 valence electrons. The second-order valence-corrected chi connectivity index (χ2v) is 5.80. The smallest absolute Gasteiger partial charge is 0.0482 e. The molecule has 17 heavy (non-hydrogen) atoms. The van der Waals surface area contributed by atoms with Crippen LogP contribution in [0.4, 0.5) is 0 Å². The van der Waals surface area contributed by atoms with Crippen LogP contribution in [0.2, 0.25) is 5.02 Å². The summed E-state index contributed by atoms with van der Waals surface area (Å²) >= 11 is 9.67. The minimum atomic E-state index is 0.281. The van der Waals surface area contributed by atoms with E-state index in [-0.39, 0.29) is 6.04 Å². The van der Waals surface area contributed by atoms with E-state index in [9.17, 15) is 0 Å². The van der Waals surface area contributed by atoms with Crippen molar-refractivity contribution in [2.24, 2.45) is 5.73 Å². The van der Waals surface area contributed by atoms with E-state index >= 15 is 0 Å². The molecule has 1 fully saturated rings. The van der Waals surface area contributed by atoms with Crippen LogP contribution >= 0.6 is 27.5 Å². The van der Waals surface area contributed by atoms with Crippen LogP contribution in [0.3, 0.4) is 0 Å². The van der Waals surface area contributed by atoms with Gasteiger partial charge in [0.15, 0.2) is 0 Å². The van der Waals surface area contributed by atoms with E-state index in [0.29, 0.717) is 6.54 Å². The highest BCUT2D eigenvalue weighted by molar-refractivity contribution is 9.10. The average Bonchev–Trinajstić information content (AvgIpc) is 2.36. The van der Waals surface area contributed by atoms with E-state index in [4.69, 9.17) is 17.3 Å². The first-order valence-corrected chi connectivity index (χ1v) is 7.28. The highest BCUT2D eigenvalue weighted by Crippen LogP contribution is 2.31. The summed E-state index contributed by atoms with van der Waals surface area (Å²) in [4.78, 5) is 2.47. The Morgan fingerprint density at radius 2 is 2.00 bits per heavy atom. The SMILES string of the molecule is NCC(c1cc(Cl)ccc1Br)N1CCCCC1. The molecule has 2 nitrogen and oxygen atoms in total. The van der Waals surface area contributed by atoms with Gasteiger partial charge in [-0.25, -0.2) is 0 Å². The molecule has 2 N–H and O–H groups in total. The number of benzene rings is 1. The Morgan fingerprint density at radius 1 is 1.29 bits per heavy atom. The topological polar surface area (TPSA) is 29.3 Å². The standard InChI is InChI=1S/C13H18BrClN2/c14-12-5-4-10(15)8-11(12)13(9-16)17-6-2-1-3-7-17/h4-5,8,13H,1-3,6-7,9,16H2. The van der Waals surface area contributed by atoms with Crippen molar-refractivity contribution in [1.82, 2.24) is 4.90 Å². The summed E-state index contributed by atoms with van der Waals surface area (Å²) in [6.07, 6.45) is 3.88. The number of nitrogens with two attached hydrogens (primary N) is 1. The second-order valence-electron chi connectivity index (χ2n) is 4.51. The van der Waals surface area contributed by atoms with E-state index in [1.165, 1.54) is 24.8 Å². The summed E-state index contributed by atoms with van der Waals surface area (Å²) < 4.78 is 1.10. The molecule has 1 aromatic rings. The van der Waals surface area contributed by atoms with Crippen molar-refractivity contribution in [3.8, 4) is 0 Å². The summed E-state index contributed by atoms with van der Waals surface area (Å²) in [5, 5.41) is 0.777. The molecular formula is C13H18BrClN2. The zero-order valence-corrected chi connectivity index (χ0v) is 12.2. The van der Waals surface area contributed by atoms with Gasteiger partial charge in [-0.05, 0) is 49.7 Å². The van der Waals surface area contributed by atoms with Gasteiger partial charge in [0.05, 0.1) is 0 Å². The molecule has 2 rings (SSSR count). The van der Waals surface area contributed by atoms with Gasteiger partial charge >= 0.3 is 0 Å². The van der Waals surface area contributed by atoms with Crippen molar-refractivity contribution in [2.45, 2.75) is 25.3 Å². The van der Waals surface area contributed by atoms with Crippen LogP contribution in [0.1, 0.15) is 30.9 Å². The van der Waals surface area contributed by atoms with Crippen molar-refractivity contribution in [1.29, 1.82) is 0 Å². The predicted molar refractivity (Wildman–Crippen MR) is 76.4 cm³/mol. The molecule has 0 bridgehead atoms. The summed E-state index contributed by atoms with van der Waals surface area (Å²) in [6.45, 7) is 2.92. The highest BCUT2D eigenvalue weighted by atomic mass is 79.9. The lowest BCUT2D eigenvalue weighted by Gasteiger charge is -2.34. The average molecular weight is 318 g/mol. The molecule has 0 amide bonds. The van der Waals surface area contributed by atoms with Crippen molar-refractivity contribution in [2.75, 3.05) is 19.6 Å². The van der Waals surface area contributed by atoms with Crippen LogP contribution in [0.15, 0.2) is 22.7 Å². The van der Waals surface area contributed by atoms with Crippen molar-refractivity contribution in [3.05, 3.63) is 33.3 Å². The fourth-order valence-electron chi connectivity index (χ4n) is 2.47. The number of halogens is 2. The number of hydrogen-bond donors (Lipinski definition) is 1. The molecule has 1 saturated heterocycles. The van der Waals surface area contributed by atoms with Gasteiger partial charge in [-0.2, -0.15) is 0 Å². The quantitative estimate of drug-likeness (QED) is 0.923. The van der Waals surface area contributed by atoms with Gasteiger partial charge in [0.25, 0.3) is 0 Å². The van der Waals surface area contributed by atoms with Crippen molar-refractivity contribution < 1.29 is 0 Å². The Kier molecular flexibility index (Phi) is 4.86. The maximum atomic E-state index is 6.08. The zero-order valence-electron chi connectivity index (χ0n) is 9.83. The van der Waals surface area contributed by atoms with E-state index < -0.39 is 0 Å². The Bertz CT molecular complexity index is 378. The minimum Gasteiger partial charge on any atom is -0.329 e. The molecule has 4 heteroatoms. The first kappa shape index (κ1) is 13.3. The van der Waals surface area contributed by atoms with Gasteiger partial charge in [0.1, 0.15) is 0 Å². The molecule has 1 aromatic carbocycles. The van der Waals surface area contributed by atoms with Gasteiger partial charge in [-0.15, -0.1) is 0 Å². The van der Waals surface area contributed by atoms with Gasteiger partial charge in [0, 0.05) is 22.1 Å². The van der Waals surface area contributed by atoms with E-state index in [2.05, 4.69) is 20.8 Å². The summed E-state index contributed by atoms with van der Waals surface area (Å²) in [7, 11) is 0. The monoisotopic (exact) mass is 316 g/mol. The minimum absolute atomic E-state index is 0.281. The summed E-state index contributed by atoms with van der Waals surface area (Å²) in [5.74, 6) is 0. The first-order valence-electron chi connectivity index (χ1n) is 6.11. The third-order valence-electron chi connectivity index (χ3n) is 3.37. The molecule has 1 aliphatic rings. The maximum Gasteiger partial charge on any atom is 0.0482 e. The fraction of sp³-hybridized carbons (Fsp3) is 0.538. The molecular weight excluding hydrogens is 300 g/mol. The lowest BCUT2D eigenvalue weighted by molar-refractivity contribution is 0.167. The molecule has 1 aliphatic heterocycles. The van der Waals surface area contributed by atoms with Crippen molar-refractivity contribution >= 4 is 27.5 Å². The number of hydrogen-bond acceptors (Lipinski definition) is 2. The number of rotatable bonds is 3. The Hall–Kier alpha value is -0.0900. The molecule has 0 aromatic heterocycles. The van der Waals surface area contributed by atoms with Crippen LogP contribution in [-0.2, 0) is 0 Å². The van der Waals surface area contributed by atoms with E-state index in [1.807, 2.05) is 18.2 Å². The van der Waals surface area contributed by atoms with Gasteiger partial charge < -0.3 is 5.73 Å². The fourth-order valence-corrected chi connectivity index (χ4v) is 3.16. The van der Waals surface area contributed by atoms with Crippen LogP contribution in [0.25, 0.3) is 0 Å². The van der Waals surface area contributed by atoms with Crippen LogP contribution in [-0.4, -0.2) is 24.5 Å². The largest absolute Gasteiger partial charge is 0.329 e. The van der Waals surface area contributed by atoms with Gasteiger partial charge in [0.2, 0.25) is 0 Å². The third kappa shape index (κ3) is 3.22. The molecule has 0 radical (unpaired) electrons. The normalized spacial score (nSPS) is 19.2. The number of nitrogens with zero attached hydrogens (tertiary/aromatic N) is 1. The maximum absolute atomic E-state index is 6.08. The lowest BCUT2D eigenvalue weighted by atomic mass is 10.0. The van der Waals surface area contributed by atoms with Gasteiger partial charge in [-0.1, -0.05) is 34.0 Å². The number of piperidine rings is 1. The van der Waals surface area contributed by atoms with E-state index in [0.717, 1.165) is 22.6 Å². The molecule has 0 saturated carbocycles. The molecule has 0 aliphatic carbocycles. The predicted octanol–water partition coefficient (Wildman–Crippen LogP) is 3.59. The molecule has 1 atom stereocenters. The van der Waals surface area contributed by atoms with Crippen LogP contribution < -0.4 is 5.73 Å². The Labute approximate surface area is 116 Å². The third-order valence-corrected chi connectivity index (χ3v) is 4.33. The first-order chi connectivity index (χ1) is 8.22. The second kappa shape index (κ2) is 6.19. The zero-order chi connectivity index (χ0) is 12.3. The van der Waals surface area contributed by atoms with Crippen LogP contribution in [0, 0.1) is 0 Å². The van der Waals surface area contributed by atoms with Gasteiger partial charge in [-0.3, -0.25) is 4.90 Å². The number of likely N-dealkylation sites (tertiary alicyclic amines) is 1. The molecule has 0 spiro atoms. The van der Waals surface area contributed by atoms with Crippen LogP contribution in [0.5, 0.6) is 0 Å².